The number of carbonyl (C=O) groups excluding carboxylic acids is 1. The first kappa shape index (κ1) is 13.0. The Bertz CT molecular complexity index is 276. The van der Waals surface area contributed by atoms with Crippen molar-refractivity contribution in [3.63, 3.8) is 0 Å². The summed E-state index contributed by atoms with van der Waals surface area (Å²) < 4.78 is 4.86. The highest BCUT2D eigenvalue weighted by atomic mass is 16.7. The van der Waals surface area contributed by atoms with Gasteiger partial charge in [-0.3, -0.25) is 0 Å². The molecular formula is C11H20N2O3. The number of ether oxygens (including phenoxy) is 1. The summed E-state index contributed by atoms with van der Waals surface area (Å²) >= 11 is 0. The van der Waals surface area contributed by atoms with Crippen LogP contribution in [0.3, 0.4) is 0 Å². The topological polar surface area (TPSA) is 73.9 Å². The fourth-order valence-electron chi connectivity index (χ4n) is 1.62. The van der Waals surface area contributed by atoms with Crippen LogP contribution in [0.1, 0.15) is 33.6 Å². The van der Waals surface area contributed by atoms with Gasteiger partial charge in [-0.1, -0.05) is 19.0 Å². The average molecular weight is 228 g/mol. The van der Waals surface area contributed by atoms with Crippen molar-refractivity contribution >= 4 is 11.7 Å². The molecule has 5 heteroatoms. The van der Waals surface area contributed by atoms with Gasteiger partial charge in [0.05, 0.1) is 12.3 Å². The van der Waals surface area contributed by atoms with Gasteiger partial charge in [0.15, 0.2) is 0 Å². The first-order valence-electron chi connectivity index (χ1n) is 5.69. The molecule has 0 bridgehead atoms. The van der Waals surface area contributed by atoms with E-state index in [2.05, 4.69) is 19.0 Å². The Kier molecular flexibility index (Phi) is 4.73. The van der Waals surface area contributed by atoms with Gasteiger partial charge in [-0.25, -0.2) is 4.79 Å². The Morgan fingerprint density at radius 1 is 1.69 bits per heavy atom. The lowest BCUT2D eigenvalue weighted by molar-refractivity contribution is -0.154. The summed E-state index contributed by atoms with van der Waals surface area (Å²) in [6, 6.07) is -0.126. The molecule has 92 valence electrons. The molecular weight excluding hydrogens is 208 g/mol. The second-order valence-electron chi connectivity index (χ2n) is 4.37. The smallest absolute Gasteiger partial charge is 0.350 e. The number of rotatable bonds is 5. The van der Waals surface area contributed by atoms with E-state index in [-0.39, 0.29) is 12.0 Å². The van der Waals surface area contributed by atoms with Crippen molar-refractivity contribution in [2.24, 2.45) is 16.8 Å². The third-order valence-electron chi connectivity index (χ3n) is 2.39. The standard InChI is InChI=1S/C11H20N2O3/c1-4-15-11(14)10-6-9(13-16-10)8(12)5-7(2)3/h7-8,10H,4-6,12H2,1-3H3. The average Bonchev–Trinajstić information content (AvgIpc) is 2.65. The summed E-state index contributed by atoms with van der Waals surface area (Å²) in [5, 5.41) is 3.86. The molecule has 1 rings (SSSR count). The zero-order valence-electron chi connectivity index (χ0n) is 10.1. The second kappa shape index (κ2) is 5.84. The number of hydrogen-bond acceptors (Lipinski definition) is 5. The molecule has 2 N–H and O–H groups in total. The second-order valence-corrected chi connectivity index (χ2v) is 4.37. The molecule has 5 nitrogen and oxygen atoms in total. The minimum Gasteiger partial charge on any atom is -0.463 e. The number of oxime groups is 1. The summed E-state index contributed by atoms with van der Waals surface area (Å²) in [5.74, 6) is 0.136. The normalized spacial score (nSPS) is 21.6. The van der Waals surface area contributed by atoms with E-state index in [9.17, 15) is 4.79 Å². The van der Waals surface area contributed by atoms with Crippen LogP contribution in [-0.2, 0) is 14.4 Å². The van der Waals surface area contributed by atoms with Gasteiger partial charge >= 0.3 is 5.97 Å². The first-order valence-corrected chi connectivity index (χ1v) is 5.69. The lowest BCUT2D eigenvalue weighted by Gasteiger charge is -2.12. The summed E-state index contributed by atoms with van der Waals surface area (Å²) in [7, 11) is 0. The molecule has 16 heavy (non-hydrogen) atoms. The maximum Gasteiger partial charge on any atom is 0.350 e. The molecule has 0 aromatic rings. The van der Waals surface area contributed by atoms with Crippen molar-refractivity contribution in [1.29, 1.82) is 0 Å². The molecule has 1 aliphatic heterocycles. The molecule has 0 radical (unpaired) electrons. The third kappa shape index (κ3) is 3.48. The van der Waals surface area contributed by atoms with Gasteiger partial charge in [0.2, 0.25) is 6.10 Å². The van der Waals surface area contributed by atoms with Crippen molar-refractivity contribution < 1.29 is 14.4 Å². The lowest BCUT2D eigenvalue weighted by atomic mass is 9.98. The molecule has 2 unspecified atom stereocenters. The molecule has 0 saturated carbocycles. The lowest BCUT2D eigenvalue weighted by Crippen LogP contribution is -2.33. The highest BCUT2D eigenvalue weighted by Gasteiger charge is 2.31. The summed E-state index contributed by atoms with van der Waals surface area (Å²) in [5.41, 5.74) is 6.71. The van der Waals surface area contributed by atoms with Crippen molar-refractivity contribution in [3.05, 3.63) is 0 Å². The zero-order chi connectivity index (χ0) is 12.1. The number of nitrogens with zero attached hydrogens (tertiary/aromatic N) is 1. The minimum absolute atomic E-state index is 0.126. The monoisotopic (exact) mass is 228 g/mol. The number of carbonyl (C=O) groups is 1. The van der Waals surface area contributed by atoms with Gasteiger partial charge in [-0.2, -0.15) is 0 Å². The molecule has 0 aliphatic carbocycles. The Morgan fingerprint density at radius 2 is 2.38 bits per heavy atom. The molecule has 0 aromatic carbocycles. The van der Waals surface area contributed by atoms with Gasteiger partial charge in [0.25, 0.3) is 0 Å². The van der Waals surface area contributed by atoms with E-state index in [1.165, 1.54) is 0 Å². The van der Waals surface area contributed by atoms with Crippen LogP contribution in [0.15, 0.2) is 5.16 Å². The fraction of sp³-hybridized carbons (Fsp3) is 0.818. The Hall–Kier alpha value is -1.10. The van der Waals surface area contributed by atoms with E-state index >= 15 is 0 Å². The molecule has 0 amide bonds. The Labute approximate surface area is 96.0 Å². The fourth-order valence-corrected chi connectivity index (χ4v) is 1.62. The largest absolute Gasteiger partial charge is 0.463 e. The third-order valence-corrected chi connectivity index (χ3v) is 2.39. The molecule has 0 saturated heterocycles. The van der Waals surface area contributed by atoms with E-state index in [1.54, 1.807) is 6.92 Å². The van der Waals surface area contributed by atoms with Crippen LogP contribution >= 0.6 is 0 Å². The van der Waals surface area contributed by atoms with Crippen LogP contribution in [0.25, 0.3) is 0 Å². The first-order chi connectivity index (χ1) is 7.54. The number of hydrogen-bond donors (Lipinski definition) is 1. The summed E-state index contributed by atoms with van der Waals surface area (Å²) in [6.07, 6.45) is 0.693. The maximum atomic E-state index is 11.4. The van der Waals surface area contributed by atoms with Crippen LogP contribution < -0.4 is 5.73 Å². The van der Waals surface area contributed by atoms with Crippen LogP contribution in [0, 0.1) is 5.92 Å². The molecule has 0 spiro atoms. The molecule has 2 atom stereocenters. The van der Waals surface area contributed by atoms with E-state index in [0.29, 0.717) is 18.9 Å². The van der Waals surface area contributed by atoms with E-state index in [1.807, 2.05) is 0 Å². The zero-order valence-corrected chi connectivity index (χ0v) is 10.1. The molecule has 0 fully saturated rings. The van der Waals surface area contributed by atoms with Gasteiger partial charge in [-0.15, -0.1) is 0 Å². The Balaban J connectivity index is 2.41. The van der Waals surface area contributed by atoms with Gasteiger partial charge in [0.1, 0.15) is 0 Å². The molecule has 1 heterocycles. The van der Waals surface area contributed by atoms with Crippen molar-refractivity contribution in [2.45, 2.75) is 45.8 Å². The van der Waals surface area contributed by atoms with Crippen LogP contribution in [0.5, 0.6) is 0 Å². The summed E-state index contributed by atoms with van der Waals surface area (Å²) in [4.78, 5) is 16.4. The van der Waals surface area contributed by atoms with Crippen LogP contribution in [0.2, 0.25) is 0 Å². The van der Waals surface area contributed by atoms with Crippen LogP contribution in [0.4, 0.5) is 0 Å². The molecule has 0 aromatic heterocycles. The number of esters is 1. The van der Waals surface area contributed by atoms with Gasteiger partial charge in [-0.05, 0) is 19.3 Å². The van der Waals surface area contributed by atoms with E-state index < -0.39 is 6.10 Å². The molecule has 1 aliphatic rings. The van der Waals surface area contributed by atoms with Gasteiger partial charge < -0.3 is 15.3 Å². The SMILES string of the molecule is CCOC(=O)C1CC(C(N)CC(C)C)=NO1. The predicted molar refractivity (Wildman–Crippen MR) is 61.0 cm³/mol. The maximum absolute atomic E-state index is 11.4. The number of nitrogens with two attached hydrogens (primary N) is 1. The van der Waals surface area contributed by atoms with E-state index in [4.69, 9.17) is 15.3 Å². The van der Waals surface area contributed by atoms with E-state index in [0.717, 1.165) is 12.1 Å². The van der Waals surface area contributed by atoms with Crippen molar-refractivity contribution in [2.75, 3.05) is 6.61 Å². The highest BCUT2D eigenvalue weighted by Crippen LogP contribution is 2.16. The highest BCUT2D eigenvalue weighted by molar-refractivity contribution is 5.94. The van der Waals surface area contributed by atoms with Crippen molar-refractivity contribution in [3.8, 4) is 0 Å². The predicted octanol–water partition coefficient (Wildman–Crippen LogP) is 1.07. The minimum atomic E-state index is -0.604. The van der Waals surface area contributed by atoms with Crippen LogP contribution in [-0.4, -0.2) is 30.4 Å². The quantitative estimate of drug-likeness (QED) is 0.714. The Morgan fingerprint density at radius 3 is 2.94 bits per heavy atom. The summed E-state index contributed by atoms with van der Waals surface area (Å²) in [6.45, 7) is 6.31. The van der Waals surface area contributed by atoms with Gasteiger partial charge in [0, 0.05) is 12.5 Å². The van der Waals surface area contributed by atoms with Crippen molar-refractivity contribution in [1.82, 2.24) is 0 Å².